The first-order valence-electron chi connectivity index (χ1n) is 11.0. The summed E-state index contributed by atoms with van der Waals surface area (Å²) in [5.74, 6) is -0.477. The molecule has 36 heavy (non-hydrogen) atoms. The van der Waals surface area contributed by atoms with Crippen molar-refractivity contribution in [1.29, 1.82) is 0 Å². The van der Waals surface area contributed by atoms with E-state index in [0.29, 0.717) is 27.7 Å². The number of hydrogen-bond acceptors (Lipinski definition) is 4. The molecule has 0 aliphatic heterocycles. The minimum atomic E-state index is -0.574. The first-order valence-corrected chi connectivity index (χ1v) is 12.2. The zero-order valence-corrected chi connectivity index (χ0v) is 20.8. The Morgan fingerprint density at radius 3 is 2.28 bits per heavy atom. The van der Waals surface area contributed by atoms with Gasteiger partial charge in [0.2, 0.25) is 5.91 Å². The van der Waals surface area contributed by atoms with Crippen molar-refractivity contribution in [3.05, 3.63) is 119 Å². The van der Waals surface area contributed by atoms with E-state index in [2.05, 4.69) is 10.6 Å². The molecule has 182 valence electrons. The molecular weight excluding hydrogens is 499 g/mol. The number of anilines is 2. The van der Waals surface area contributed by atoms with Crippen LogP contribution in [0.15, 0.2) is 102 Å². The molecule has 0 saturated heterocycles. The van der Waals surface area contributed by atoms with Crippen molar-refractivity contribution in [2.24, 2.45) is 0 Å². The fourth-order valence-corrected chi connectivity index (χ4v) is 4.78. The third kappa shape index (κ3) is 6.44. The highest BCUT2D eigenvalue weighted by Gasteiger charge is 2.23. The summed E-state index contributed by atoms with van der Waals surface area (Å²) in [5.41, 5.74) is 2.27. The molecule has 0 spiro atoms. The van der Waals surface area contributed by atoms with Crippen molar-refractivity contribution in [2.75, 3.05) is 17.7 Å². The Labute approximate surface area is 217 Å². The second kappa shape index (κ2) is 11.7. The van der Waals surface area contributed by atoms with Gasteiger partial charge >= 0.3 is 0 Å². The molecule has 0 aliphatic rings. The number of methoxy groups -OCH3 is 1. The number of carbonyl (C=O) groups excluding carboxylic acids is 2. The van der Waals surface area contributed by atoms with Crippen molar-refractivity contribution in [2.45, 2.75) is 10.1 Å². The number of nitrogens with one attached hydrogen (secondary N) is 2. The summed E-state index contributed by atoms with van der Waals surface area (Å²) in [6.07, 6.45) is 0. The van der Waals surface area contributed by atoms with E-state index in [1.165, 1.54) is 43.1 Å². The van der Waals surface area contributed by atoms with Crippen LogP contribution in [0, 0.1) is 5.82 Å². The van der Waals surface area contributed by atoms with Gasteiger partial charge in [-0.3, -0.25) is 9.59 Å². The lowest BCUT2D eigenvalue weighted by Gasteiger charge is -2.18. The van der Waals surface area contributed by atoms with Gasteiger partial charge in [-0.1, -0.05) is 48.0 Å². The minimum Gasteiger partial charge on any atom is -0.495 e. The molecule has 4 aromatic carbocycles. The Bertz CT molecular complexity index is 1370. The fraction of sp³-hybridized carbons (Fsp3) is 0.0714. The number of halogens is 2. The second-order valence-electron chi connectivity index (χ2n) is 7.74. The van der Waals surface area contributed by atoms with Crippen LogP contribution in [0.4, 0.5) is 15.8 Å². The maximum Gasteiger partial charge on any atom is 0.255 e. The average Bonchev–Trinajstić information content (AvgIpc) is 2.88. The lowest BCUT2D eigenvalue weighted by Crippen LogP contribution is -2.19. The first-order chi connectivity index (χ1) is 17.4. The first kappa shape index (κ1) is 25.3. The van der Waals surface area contributed by atoms with Gasteiger partial charge in [-0.05, 0) is 66.2 Å². The van der Waals surface area contributed by atoms with Gasteiger partial charge in [-0.25, -0.2) is 4.39 Å². The van der Waals surface area contributed by atoms with Crippen LogP contribution in [-0.4, -0.2) is 18.9 Å². The quantitative estimate of drug-likeness (QED) is 0.241. The minimum absolute atomic E-state index is 0.229. The van der Waals surface area contributed by atoms with Crippen molar-refractivity contribution < 1.29 is 18.7 Å². The maximum atomic E-state index is 13.4. The SMILES string of the molecule is COc1ccc(NC(=O)C(Sc2cccc(NC(=O)c3ccc(F)cc3)c2)c2ccccc2)cc1Cl. The number of ether oxygens (including phenoxy) is 1. The number of thioether (sulfide) groups is 1. The Hall–Kier alpha value is -3.81. The van der Waals surface area contributed by atoms with E-state index in [9.17, 15) is 14.0 Å². The van der Waals surface area contributed by atoms with Crippen molar-refractivity contribution in [3.63, 3.8) is 0 Å². The maximum absolute atomic E-state index is 13.4. The van der Waals surface area contributed by atoms with Crippen molar-refractivity contribution in [1.82, 2.24) is 0 Å². The van der Waals surface area contributed by atoms with E-state index in [4.69, 9.17) is 16.3 Å². The van der Waals surface area contributed by atoms with Gasteiger partial charge < -0.3 is 15.4 Å². The molecule has 2 amide bonds. The Kier molecular flexibility index (Phi) is 8.25. The molecule has 0 heterocycles. The van der Waals surface area contributed by atoms with E-state index >= 15 is 0 Å². The smallest absolute Gasteiger partial charge is 0.255 e. The standard InChI is InChI=1S/C28H22ClFN2O3S/c1-35-25-15-14-22(17-24(25)29)32-28(34)26(18-6-3-2-4-7-18)36-23-9-5-8-21(16-23)31-27(33)19-10-12-20(30)13-11-19/h2-17,26H,1H3,(H,31,33)(H,32,34). The van der Waals surface area contributed by atoms with Gasteiger partial charge in [0.05, 0.1) is 12.1 Å². The lowest BCUT2D eigenvalue weighted by molar-refractivity contribution is -0.115. The summed E-state index contributed by atoms with van der Waals surface area (Å²) in [6.45, 7) is 0. The molecule has 0 bridgehead atoms. The highest BCUT2D eigenvalue weighted by molar-refractivity contribution is 8.00. The summed E-state index contributed by atoms with van der Waals surface area (Å²) in [4.78, 5) is 26.7. The van der Waals surface area contributed by atoms with Gasteiger partial charge in [0.15, 0.2) is 0 Å². The molecule has 8 heteroatoms. The van der Waals surface area contributed by atoms with Crippen LogP contribution in [0.3, 0.4) is 0 Å². The second-order valence-corrected chi connectivity index (χ2v) is 9.32. The summed E-state index contributed by atoms with van der Waals surface area (Å²) in [5, 5.41) is 5.56. The largest absolute Gasteiger partial charge is 0.495 e. The number of rotatable bonds is 8. The van der Waals surface area contributed by atoms with Gasteiger partial charge in [0, 0.05) is 21.8 Å². The summed E-state index contributed by atoms with van der Waals surface area (Å²) in [6, 6.07) is 27.0. The number of benzene rings is 4. The van der Waals surface area contributed by atoms with Gasteiger partial charge in [-0.15, -0.1) is 11.8 Å². The highest BCUT2D eigenvalue weighted by Crippen LogP contribution is 2.37. The number of amides is 2. The zero-order chi connectivity index (χ0) is 25.5. The van der Waals surface area contributed by atoms with Gasteiger partial charge in [-0.2, -0.15) is 0 Å². The zero-order valence-electron chi connectivity index (χ0n) is 19.2. The molecule has 0 radical (unpaired) electrons. The molecule has 0 aromatic heterocycles. The summed E-state index contributed by atoms with van der Waals surface area (Å²) in [7, 11) is 1.53. The molecule has 4 rings (SSSR count). The molecule has 1 unspecified atom stereocenters. The number of hydrogen-bond donors (Lipinski definition) is 2. The average molecular weight is 521 g/mol. The molecule has 0 aliphatic carbocycles. The van der Waals surface area contributed by atoms with E-state index < -0.39 is 11.1 Å². The van der Waals surface area contributed by atoms with E-state index in [0.717, 1.165) is 10.5 Å². The van der Waals surface area contributed by atoms with Crippen LogP contribution in [0.25, 0.3) is 0 Å². The van der Waals surface area contributed by atoms with Crippen LogP contribution in [-0.2, 0) is 4.79 Å². The Morgan fingerprint density at radius 1 is 0.861 bits per heavy atom. The normalized spacial score (nSPS) is 11.4. The Balaban J connectivity index is 1.53. The van der Waals surface area contributed by atoms with Crippen LogP contribution in [0.5, 0.6) is 5.75 Å². The van der Waals surface area contributed by atoms with Crippen LogP contribution in [0.1, 0.15) is 21.2 Å². The summed E-state index contributed by atoms with van der Waals surface area (Å²) < 4.78 is 18.3. The third-order valence-electron chi connectivity index (χ3n) is 5.21. The lowest BCUT2D eigenvalue weighted by atomic mass is 10.1. The van der Waals surface area contributed by atoms with E-state index in [-0.39, 0.29) is 11.8 Å². The molecule has 0 fully saturated rings. The van der Waals surface area contributed by atoms with E-state index in [1.807, 2.05) is 36.4 Å². The summed E-state index contributed by atoms with van der Waals surface area (Å²) >= 11 is 7.57. The van der Waals surface area contributed by atoms with Crippen molar-refractivity contribution >= 4 is 46.6 Å². The van der Waals surface area contributed by atoms with Crippen LogP contribution >= 0.6 is 23.4 Å². The number of carbonyl (C=O) groups is 2. The van der Waals surface area contributed by atoms with Crippen molar-refractivity contribution in [3.8, 4) is 5.75 Å². The third-order valence-corrected chi connectivity index (χ3v) is 6.76. The molecule has 2 N–H and O–H groups in total. The topological polar surface area (TPSA) is 67.4 Å². The van der Waals surface area contributed by atoms with Crippen LogP contribution in [0.2, 0.25) is 5.02 Å². The van der Waals surface area contributed by atoms with Gasteiger partial charge in [0.25, 0.3) is 5.91 Å². The van der Waals surface area contributed by atoms with Gasteiger partial charge in [0.1, 0.15) is 16.8 Å². The molecular formula is C28H22ClFN2O3S. The monoisotopic (exact) mass is 520 g/mol. The molecule has 0 saturated carbocycles. The van der Waals surface area contributed by atoms with Crippen LogP contribution < -0.4 is 15.4 Å². The fourth-order valence-electron chi connectivity index (χ4n) is 3.44. The molecule has 5 nitrogen and oxygen atoms in total. The predicted molar refractivity (Wildman–Crippen MR) is 142 cm³/mol. The Morgan fingerprint density at radius 2 is 1.58 bits per heavy atom. The van der Waals surface area contributed by atoms with E-state index in [1.54, 1.807) is 36.4 Å². The predicted octanol–water partition coefficient (Wildman–Crippen LogP) is 7.21. The highest BCUT2D eigenvalue weighted by atomic mass is 35.5. The molecule has 4 aromatic rings. The molecule has 1 atom stereocenters.